The van der Waals surface area contributed by atoms with Crippen LogP contribution in [0.1, 0.15) is 34.8 Å². The lowest BCUT2D eigenvalue weighted by Gasteiger charge is -2.36. The minimum absolute atomic E-state index is 0.0145. The van der Waals surface area contributed by atoms with Crippen LogP contribution in [0.15, 0.2) is 66.7 Å². The lowest BCUT2D eigenvalue weighted by atomic mass is 9.92. The van der Waals surface area contributed by atoms with Gasteiger partial charge < -0.3 is 29.5 Å². The molecule has 4 unspecified atom stereocenters. The molecule has 2 heterocycles. The van der Waals surface area contributed by atoms with Crippen molar-refractivity contribution in [2.45, 2.75) is 49.8 Å². The third-order valence-corrected chi connectivity index (χ3v) is 7.03. The minimum Gasteiger partial charge on any atom is -0.490 e. The number of para-hydroxylation sites is 1. The summed E-state index contributed by atoms with van der Waals surface area (Å²) in [5.41, 5.74) is 4.08. The summed E-state index contributed by atoms with van der Waals surface area (Å²) in [5, 5.41) is 30.3. The maximum absolute atomic E-state index is 10.2. The summed E-state index contributed by atoms with van der Waals surface area (Å²) in [7, 11) is 0. The molecule has 1 fully saturated rings. The first-order valence-electron chi connectivity index (χ1n) is 11.9. The Kier molecular flexibility index (Phi) is 7.27. The molecule has 1 saturated heterocycles. The predicted molar refractivity (Wildman–Crippen MR) is 132 cm³/mol. The van der Waals surface area contributed by atoms with Crippen LogP contribution in [0.5, 0.6) is 11.5 Å². The Bertz CT molecular complexity index is 1130. The molecule has 3 N–H and O–H groups in total. The van der Waals surface area contributed by atoms with Crippen molar-refractivity contribution in [3.8, 4) is 11.5 Å². The highest BCUT2D eigenvalue weighted by Crippen LogP contribution is 2.34. The second kappa shape index (κ2) is 10.6. The number of aliphatic hydroxyl groups excluding tert-OH is 3. The number of benzene rings is 3. The number of fused-ring (bicyclic) bond motifs is 1. The Morgan fingerprint density at radius 1 is 1.00 bits per heavy atom. The van der Waals surface area contributed by atoms with Gasteiger partial charge in [0.1, 0.15) is 36.4 Å². The number of hydrogen-bond acceptors (Lipinski definition) is 6. The van der Waals surface area contributed by atoms with Gasteiger partial charge in [0.25, 0.3) is 0 Å². The molecule has 0 bridgehead atoms. The smallest absolute Gasteiger partial charge is 0.137 e. The van der Waals surface area contributed by atoms with Crippen molar-refractivity contribution >= 4 is 11.6 Å². The fourth-order valence-electron chi connectivity index (χ4n) is 4.71. The second-order valence-corrected chi connectivity index (χ2v) is 9.58. The molecule has 0 radical (unpaired) electrons. The molecule has 0 saturated carbocycles. The van der Waals surface area contributed by atoms with E-state index in [0.29, 0.717) is 18.1 Å². The summed E-state index contributed by atoms with van der Waals surface area (Å²) in [6.07, 6.45) is -1.57. The third kappa shape index (κ3) is 5.47. The molecular formula is C28H29ClO6. The maximum Gasteiger partial charge on any atom is 0.137 e. The summed E-state index contributed by atoms with van der Waals surface area (Å²) < 4.78 is 17.7. The van der Waals surface area contributed by atoms with E-state index < -0.39 is 24.4 Å². The lowest BCUT2D eigenvalue weighted by molar-refractivity contribution is -0.181. The van der Waals surface area contributed by atoms with Crippen molar-refractivity contribution in [2.75, 3.05) is 13.2 Å². The van der Waals surface area contributed by atoms with Crippen molar-refractivity contribution in [3.63, 3.8) is 0 Å². The topological polar surface area (TPSA) is 88.4 Å². The molecule has 0 aromatic heterocycles. The molecule has 35 heavy (non-hydrogen) atoms. The monoisotopic (exact) mass is 496 g/mol. The lowest BCUT2D eigenvalue weighted by Crippen LogP contribution is -2.47. The summed E-state index contributed by atoms with van der Waals surface area (Å²) in [6.45, 7) is 0.127. The van der Waals surface area contributed by atoms with Crippen LogP contribution in [-0.2, 0) is 17.6 Å². The van der Waals surface area contributed by atoms with E-state index in [0.717, 1.165) is 34.6 Å². The SMILES string of the molecule is OCC1OC(c2ccc(Cl)c(Cc3ccc(OCC4Cc5ccccc5O4)cc3)c2)CC(O)[C@@H]1O. The van der Waals surface area contributed by atoms with E-state index in [4.69, 9.17) is 25.8 Å². The molecule has 3 aromatic carbocycles. The van der Waals surface area contributed by atoms with Crippen molar-refractivity contribution in [3.05, 3.63) is 94.0 Å². The van der Waals surface area contributed by atoms with E-state index in [-0.39, 0.29) is 19.1 Å². The number of hydrogen-bond donors (Lipinski definition) is 3. The van der Waals surface area contributed by atoms with Gasteiger partial charge in [-0.2, -0.15) is 0 Å². The fraction of sp³-hybridized carbons (Fsp3) is 0.357. The molecule has 184 valence electrons. The van der Waals surface area contributed by atoms with E-state index in [1.165, 1.54) is 5.56 Å². The fourth-order valence-corrected chi connectivity index (χ4v) is 4.89. The van der Waals surface area contributed by atoms with Crippen molar-refractivity contribution in [1.82, 2.24) is 0 Å². The maximum atomic E-state index is 10.2. The van der Waals surface area contributed by atoms with Crippen LogP contribution in [0, 0.1) is 0 Å². The molecule has 0 spiro atoms. The van der Waals surface area contributed by atoms with Gasteiger partial charge in [0.2, 0.25) is 0 Å². The number of rotatable bonds is 7. The van der Waals surface area contributed by atoms with E-state index in [9.17, 15) is 15.3 Å². The minimum atomic E-state index is -1.10. The quantitative estimate of drug-likeness (QED) is 0.460. The van der Waals surface area contributed by atoms with Crippen LogP contribution < -0.4 is 9.47 Å². The highest BCUT2D eigenvalue weighted by atomic mass is 35.5. The molecule has 5 atom stereocenters. The van der Waals surface area contributed by atoms with Crippen molar-refractivity contribution < 1.29 is 29.5 Å². The van der Waals surface area contributed by atoms with Gasteiger partial charge in [-0.1, -0.05) is 54.1 Å². The molecule has 6 nitrogen and oxygen atoms in total. The van der Waals surface area contributed by atoms with Gasteiger partial charge in [-0.3, -0.25) is 0 Å². The Balaban J connectivity index is 1.20. The van der Waals surface area contributed by atoms with Crippen LogP contribution in [0.4, 0.5) is 0 Å². The molecule has 3 aromatic rings. The molecule has 2 aliphatic rings. The van der Waals surface area contributed by atoms with Gasteiger partial charge in [0.05, 0.1) is 18.8 Å². The highest BCUT2D eigenvalue weighted by Gasteiger charge is 2.37. The average Bonchev–Trinajstić information content (AvgIpc) is 3.29. The Hall–Kier alpha value is -2.61. The summed E-state index contributed by atoms with van der Waals surface area (Å²) >= 11 is 6.48. The van der Waals surface area contributed by atoms with Gasteiger partial charge in [0, 0.05) is 17.9 Å². The van der Waals surface area contributed by atoms with Gasteiger partial charge in [-0.15, -0.1) is 0 Å². The van der Waals surface area contributed by atoms with Gasteiger partial charge in [-0.25, -0.2) is 0 Å². The molecule has 0 aliphatic carbocycles. The molecule has 7 heteroatoms. The normalized spacial score (nSPS) is 25.7. The first-order valence-corrected chi connectivity index (χ1v) is 12.2. The van der Waals surface area contributed by atoms with Gasteiger partial charge in [0.15, 0.2) is 0 Å². The van der Waals surface area contributed by atoms with Crippen LogP contribution in [0.3, 0.4) is 0 Å². The molecule has 2 aliphatic heterocycles. The number of ether oxygens (including phenoxy) is 3. The largest absolute Gasteiger partial charge is 0.490 e. The molecule has 0 amide bonds. The van der Waals surface area contributed by atoms with E-state index in [1.807, 2.05) is 60.7 Å². The molecular weight excluding hydrogens is 468 g/mol. The summed E-state index contributed by atoms with van der Waals surface area (Å²) in [5.74, 6) is 1.72. The average molecular weight is 497 g/mol. The van der Waals surface area contributed by atoms with E-state index in [2.05, 4.69) is 6.07 Å². The predicted octanol–water partition coefficient (Wildman–Crippen LogP) is 3.86. The van der Waals surface area contributed by atoms with E-state index in [1.54, 1.807) is 0 Å². The number of aliphatic hydroxyl groups is 3. The molecule has 5 rings (SSSR count). The number of halogens is 1. The zero-order valence-corrected chi connectivity index (χ0v) is 20.0. The summed E-state index contributed by atoms with van der Waals surface area (Å²) in [4.78, 5) is 0. The zero-order chi connectivity index (χ0) is 24.4. The van der Waals surface area contributed by atoms with Crippen LogP contribution >= 0.6 is 11.6 Å². The zero-order valence-electron chi connectivity index (χ0n) is 19.2. The van der Waals surface area contributed by atoms with Crippen molar-refractivity contribution in [1.29, 1.82) is 0 Å². The van der Waals surface area contributed by atoms with Crippen LogP contribution in [0.2, 0.25) is 5.02 Å². The van der Waals surface area contributed by atoms with Gasteiger partial charge >= 0.3 is 0 Å². The first kappa shape index (κ1) is 24.1. The summed E-state index contributed by atoms with van der Waals surface area (Å²) in [6, 6.07) is 21.6. The van der Waals surface area contributed by atoms with Crippen LogP contribution in [0.25, 0.3) is 0 Å². The Labute approximate surface area is 209 Å². The van der Waals surface area contributed by atoms with E-state index >= 15 is 0 Å². The van der Waals surface area contributed by atoms with Gasteiger partial charge in [-0.05, 0) is 52.9 Å². The standard InChI is InChI=1S/C28H29ClO6/c29-23-10-7-19(26-14-24(31)28(32)27(15-30)35-26)12-20(23)11-17-5-8-21(9-6-17)33-16-22-13-18-3-1-2-4-25(18)34-22/h1-10,12,22,24,26-28,30-32H,11,13-16H2/t22?,24?,26?,27?,28-/m0/s1. The van der Waals surface area contributed by atoms with Crippen molar-refractivity contribution in [2.24, 2.45) is 0 Å². The second-order valence-electron chi connectivity index (χ2n) is 9.17. The van der Waals surface area contributed by atoms with Crippen LogP contribution in [-0.4, -0.2) is 52.9 Å². The third-order valence-electron chi connectivity index (χ3n) is 6.66. The highest BCUT2D eigenvalue weighted by molar-refractivity contribution is 6.31. The Morgan fingerprint density at radius 3 is 2.57 bits per heavy atom. The first-order chi connectivity index (χ1) is 17.0. The Morgan fingerprint density at radius 2 is 1.80 bits per heavy atom.